The number of hydrogen-bond acceptors (Lipinski definition) is 2. The van der Waals surface area contributed by atoms with Crippen molar-refractivity contribution in [2.45, 2.75) is 52.5 Å². The molecule has 0 aliphatic carbocycles. The van der Waals surface area contributed by atoms with Gasteiger partial charge in [0.05, 0.1) is 0 Å². The number of ketones is 1. The third-order valence-electron chi connectivity index (χ3n) is 3.17. The Bertz CT molecular complexity index is 434. The molecule has 0 radical (unpaired) electrons. The minimum Gasteiger partial charge on any atom is -0.477 e. The molecule has 0 bridgehead atoms. The van der Waals surface area contributed by atoms with Gasteiger partial charge in [0.2, 0.25) is 0 Å². The molecular formula is C14H21NO3. The van der Waals surface area contributed by atoms with Crippen LogP contribution in [0.2, 0.25) is 0 Å². The van der Waals surface area contributed by atoms with E-state index in [1.165, 1.54) is 13.0 Å². The van der Waals surface area contributed by atoms with Crippen LogP contribution in [0.3, 0.4) is 0 Å². The smallest absolute Gasteiger partial charge is 0.352 e. The predicted octanol–water partition coefficient (Wildman–Crippen LogP) is 3.53. The van der Waals surface area contributed by atoms with Gasteiger partial charge in [-0.2, -0.15) is 0 Å². The van der Waals surface area contributed by atoms with Gasteiger partial charge in [0.15, 0.2) is 5.78 Å². The van der Waals surface area contributed by atoms with E-state index < -0.39 is 5.97 Å². The fraction of sp³-hybridized carbons (Fsp3) is 0.571. The van der Waals surface area contributed by atoms with Gasteiger partial charge in [-0.3, -0.25) is 4.79 Å². The molecule has 18 heavy (non-hydrogen) atoms. The zero-order chi connectivity index (χ0) is 13.7. The number of carboxylic acid groups (broad SMARTS) is 1. The second kappa shape index (κ2) is 6.38. The van der Waals surface area contributed by atoms with Gasteiger partial charge in [-0.05, 0) is 26.3 Å². The Labute approximate surface area is 108 Å². The molecule has 1 heterocycles. The first-order valence-electron chi connectivity index (χ1n) is 6.43. The molecule has 0 amide bonds. The molecule has 0 spiro atoms. The van der Waals surface area contributed by atoms with Crippen LogP contribution in [0, 0.1) is 0 Å². The number of carboxylic acids is 1. The van der Waals surface area contributed by atoms with Gasteiger partial charge >= 0.3 is 5.97 Å². The molecule has 0 fully saturated rings. The number of aromatic nitrogens is 1. The first-order valence-corrected chi connectivity index (χ1v) is 6.43. The van der Waals surface area contributed by atoms with E-state index in [0.717, 1.165) is 25.7 Å². The summed E-state index contributed by atoms with van der Waals surface area (Å²) in [4.78, 5) is 22.5. The summed E-state index contributed by atoms with van der Waals surface area (Å²) in [6.45, 7) is 5.58. The van der Waals surface area contributed by atoms with E-state index in [1.54, 1.807) is 10.8 Å². The quantitative estimate of drug-likeness (QED) is 0.595. The summed E-state index contributed by atoms with van der Waals surface area (Å²) in [5, 5.41) is 9.15. The number of unbranched alkanes of at least 4 members (excludes halogenated alkanes) is 2. The maximum absolute atomic E-state index is 11.3. The highest BCUT2D eigenvalue weighted by Crippen LogP contribution is 2.21. The number of hydrogen-bond donors (Lipinski definition) is 1. The Hall–Kier alpha value is -1.58. The number of Topliss-reactive ketones (excluding diaryl/α,β-unsaturated/α-hetero) is 1. The van der Waals surface area contributed by atoms with E-state index in [1.807, 2.05) is 6.92 Å². The van der Waals surface area contributed by atoms with Crippen molar-refractivity contribution in [3.05, 3.63) is 23.5 Å². The van der Waals surface area contributed by atoms with Crippen molar-refractivity contribution in [3.8, 4) is 0 Å². The van der Waals surface area contributed by atoms with E-state index in [4.69, 9.17) is 5.11 Å². The lowest BCUT2D eigenvalue weighted by molar-refractivity contribution is 0.0682. The molecule has 1 rings (SSSR count). The molecule has 1 unspecified atom stereocenters. The molecule has 0 saturated carbocycles. The maximum atomic E-state index is 11.3. The van der Waals surface area contributed by atoms with Crippen molar-refractivity contribution in [2.75, 3.05) is 0 Å². The van der Waals surface area contributed by atoms with Gasteiger partial charge in [-0.15, -0.1) is 0 Å². The first-order chi connectivity index (χ1) is 8.47. The molecule has 1 atom stereocenters. The highest BCUT2D eigenvalue weighted by Gasteiger charge is 2.17. The first kappa shape index (κ1) is 14.5. The zero-order valence-electron chi connectivity index (χ0n) is 11.3. The van der Waals surface area contributed by atoms with Crippen LogP contribution in [-0.4, -0.2) is 21.4 Å². The van der Waals surface area contributed by atoms with Crippen molar-refractivity contribution in [3.63, 3.8) is 0 Å². The second-order valence-corrected chi connectivity index (χ2v) is 4.73. The third kappa shape index (κ3) is 3.45. The SMILES string of the molecule is CCCCCC(C)n1cc(C(C)=O)cc1C(=O)O. The number of nitrogens with zero attached hydrogens (tertiary/aromatic N) is 1. The Kier molecular flexibility index (Phi) is 5.13. The van der Waals surface area contributed by atoms with Crippen LogP contribution in [0.15, 0.2) is 12.3 Å². The minimum atomic E-state index is -0.982. The highest BCUT2D eigenvalue weighted by atomic mass is 16.4. The van der Waals surface area contributed by atoms with Crippen molar-refractivity contribution in [2.24, 2.45) is 0 Å². The maximum Gasteiger partial charge on any atom is 0.352 e. The molecule has 4 nitrogen and oxygen atoms in total. The third-order valence-corrected chi connectivity index (χ3v) is 3.17. The van der Waals surface area contributed by atoms with Gasteiger partial charge in [0, 0.05) is 17.8 Å². The lowest BCUT2D eigenvalue weighted by atomic mass is 10.1. The molecule has 0 aromatic carbocycles. The number of carbonyl (C=O) groups excluding carboxylic acids is 1. The van der Waals surface area contributed by atoms with Crippen molar-refractivity contribution in [1.29, 1.82) is 0 Å². The van der Waals surface area contributed by atoms with Crippen LogP contribution < -0.4 is 0 Å². The normalized spacial score (nSPS) is 12.4. The largest absolute Gasteiger partial charge is 0.477 e. The molecule has 0 aliphatic rings. The highest BCUT2D eigenvalue weighted by molar-refractivity contribution is 5.97. The van der Waals surface area contributed by atoms with Crippen LogP contribution in [0.1, 0.15) is 73.3 Å². The average molecular weight is 251 g/mol. The fourth-order valence-electron chi connectivity index (χ4n) is 2.04. The lowest BCUT2D eigenvalue weighted by Gasteiger charge is -2.15. The van der Waals surface area contributed by atoms with Crippen LogP contribution in [0.5, 0.6) is 0 Å². The van der Waals surface area contributed by atoms with Gasteiger partial charge in [-0.1, -0.05) is 26.2 Å². The Morgan fingerprint density at radius 1 is 1.39 bits per heavy atom. The monoisotopic (exact) mass is 251 g/mol. The summed E-state index contributed by atoms with van der Waals surface area (Å²) >= 11 is 0. The average Bonchev–Trinajstić information content (AvgIpc) is 2.74. The number of rotatable bonds is 7. The van der Waals surface area contributed by atoms with E-state index >= 15 is 0 Å². The van der Waals surface area contributed by atoms with Crippen LogP contribution in [0.4, 0.5) is 0 Å². The molecule has 1 aromatic rings. The minimum absolute atomic E-state index is 0.1000. The van der Waals surface area contributed by atoms with E-state index in [-0.39, 0.29) is 17.5 Å². The van der Waals surface area contributed by atoms with Crippen molar-refractivity contribution < 1.29 is 14.7 Å². The summed E-state index contributed by atoms with van der Waals surface area (Å²) in [5.41, 5.74) is 0.666. The number of aromatic carboxylic acids is 1. The van der Waals surface area contributed by atoms with Gasteiger partial charge < -0.3 is 9.67 Å². The van der Waals surface area contributed by atoms with Gasteiger partial charge in [0.25, 0.3) is 0 Å². The molecule has 100 valence electrons. The van der Waals surface area contributed by atoms with Gasteiger partial charge in [0.1, 0.15) is 5.69 Å². The van der Waals surface area contributed by atoms with Gasteiger partial charge in [-0.25, -0.2) is 4.79 Å². The lowest BCUT2D eigenvalue weighted by Crippen LogP contribution is -2.11. The topological polar surface area (TPSA) is 59.3 Å². The summed E-state index contributed by atoms with van der Waals surface area (Å²) in [5.74, 6) is -1.08. The summed E-state index contributed by atoms with van der Waals surface area (Å²) in [6, 6.07) is 1.57. The fourth-order valence-corrected chi connectivity index (χ4v) is 2.04. The number of carbonyl (C=O) groups is 2. The summed E-state index contributed by atoms with van der Waals surface area (Å²) < 4.78 is 1.70. The van der Waals surface area contributed by atoms with Crippen LogP contribution >= 0.6 is 0 Å². The Morgan fingerprint density at radius 3 is 2.56 bits per heavy atom. The predicted molar refractivity (Wildman–Crippen MR) is 70.2 cm³/mol. The molecule has 1 N–H and O–H groups in total. The van der Waals surface area contributed by atoms with E-state index in [0.29, 0.717) is 5.56 Å². The van der Waals surface area contributed by atoms with E-state index in [2.05, 4.69) is 6.92 Å². The second-order valence-electron chi connectivity index (χ2n) is 4.73. The van der Waals surface area contributed by atoms with Crippen molar-refractivity contribution >= 4 is 11.8 Å². The molecule has 4 heteroatoms. The summed E-state index contributed by atoms with van der Waals surface area (Å²) in [6.07, 6.45) is 5.95. The Balaban J connectivity index is 2.91. The zero-order valence-corrected chi connectivity index (χ0v) is 11.3. The Morgan fingerprint density at radius 2 is 2.06 bits per heavy atom. The molecule has 0 aliphatic heterocycles. The van der Waals surface area contributed by atoms with Crippen molar-refractivity contribution in [1.82, 2.24) is 4.57 Å². The summed E-state index contributed by atoms with van der Waals surface area (Å²) in [7, 11) is 0. The molecular weight excluding hydrogens is 230 g/mol. The standard InChI is InChI=1S/C14H21NO3/c1-4-5-6-7-10(2)15-9-12(11(3)16)8-13(15)14(17)18/h8-10H,4-7H2,1-3H3,(H,17,18). The molecule has 0 saturated heterocycles. The van der Waals surface area contributed by atoms with E-state index in [9.17, 15) is 9.59 Å². The molecule has 1 aromatic heterocycles. The van der Waals surface area contributed by atoms with Crippen LogP contribution in [0.25, 0.3) is 0 Å². The van der Waals surface area contributed by atoms with Crippen LogP contribution in [-0.2, 0) is 0 Å².